The molecule has 0 bridgehead atoms. The van der Waals surface area contributed by atoms with Crippen molar-refractivity contribution in [1.29, 1.82) is 0 Å². The zero-order chi connectivity index (χ0) is 38.4. The first kappa shape index (κ1) is 42.1. The average molecular weight is 726 g/mol. The molecule has 6 N–H and O–H groups in total. The Labute approximate surface area is 307 Å². The minimum absolute atomic E-state index is 0.0222. The Kier molecular flexibility index (Phi) is 16.3. The average Bonchev–Trinajstić information content (AvgIpc) is 3.44. The first-order valence-corrected chi connectivity index (χ1v) is 18.3. The summed E-state index contributed by atoms with van der Waals surface area (Å²) in [5, 5.41) is 37.4. The lowest BCUT2D eigenvalue weighted by atomic mass is 9.89. The van der Waals surface area contributed by atoms with Crippen LogP contribution in [0, 0.1) is 17.3 Å². The molecule has 52 heavy (non-hydrogen) atoms. The highest BCUT2D eigenvalue weighted by atomic mass is 16.4. The Bertz CT molecular complexity index is 1460. The fraction of sp³-hybridized carbons (Fsp3) is 0.605. The SMILES string of the molecule is CC[C@H](C)[C@@H](C(=O)N[C@@H](Cc1ccccc1)[C@@H](O)CN(CCC(C)C)NC(=O)CC(C)(C)CNC(=O)O)N1CCN(Cc2cccc(CO)n2)C1=O. The molecular formula is C38H59N7O7. The molecule has 1 aromatic heterocycles. The van der Waals surface area contributed by atoms with Gasteiger partial charge in [-0.3, -0.25) is 20.0 Å². The summed E-state index contributed by atoms with van der Waals surface area (Å²) >= 11 is 0. The van der Waals surface area contributed by atoms with Gasteiger partial charge in [-0.2, -0.15) is 0 Å². The van der Waals surface area contributed by atoms with Gasteiger partial charge in [-0.25, -0.2) is 14.6 Å². The highest BCUT2D eigenvalue weighted by Gasteiger charge is 2.41. The monoisotopic (exact) mass is 725 g/mol. The molecule has 1 aromatic carbocycles. The molecule has 0 saturated carbocycles. The van der Waals surface area contributed by atoms with Gasteiger partial charge >= 0.3 is 12.1 Å². The van der Waals surface area contributed by atoms with E-state index in [2.05, 4.69) is 34.9 Å². The van der Waals surface area contributed by atoms with Crippen LogP contribution < -0.4 is 16.1 Å². The molecule has 0 aliphatic carbocycles. The van der Waals surface area contributed by atoms with E-state index in [4.69, 9.17) is 5.11 Å². The molecule has 14 nitrogen and oxygen atoms in total. The molecule has 0 radical (unpaired) electrons. The molecule has 288 valence electrons. The number of carbonyl (C=O) groups is 4. The van der Waals surface area contributed by atoms with Gasteiger partial charge in [0.2, 0.25) is 11.8 Å². The smallest absolute Gasteiger partial charge is 0.404 e. The van der Waals surface area contributed by atoms with Crippen LogP contribution in [0.5, 0.6) is 0 Å². The second-order valence-corrected chi connectivity index (χ2v) is 15.0. The van der Waals surface area contributed by atoms with Crippen LogP contribution in [0.15, 0.2) is 48.5 Å². The predicted molar refractivity (Wildman–Crippen MR) is 198 cm³/mol. The molecule has 1 aliphatic rings. The van der Waals surface area contributed by atoms with Crippen LogP contribution in [-0.4, -0.2) is 110 Å². The second kappa shape index (κ2) is 20.1. The Morgan fingerprint density at radius 3 is 2.35 bits per heavy atom. The van der Waals surface area contributed by atoms with Crippen molar-refractivity contribution in [1.82, 2.24) is 35.9 Å². The van der Waals surface area contributed by atoms with Crippen molar-refractivity contribution >= 4 is 23.9 Å². The molecule has 5 amide bonds. The maximum Gasteiger partial charge on any atom is 0.404 e. The Hall–Kier alpha value is -4.27. The largest absolute Gasteiger partial charge is 0.465 e. The van der Waals surface area contributed by atoms with Gasteiger partial charge in [0.25, 0.3) is 0 Å². The summed E-state index contributed by atoms with van der Waals surface area (Å²) in [6.45, 7) is 13.0. The molecule has 1 aliphatic heterocycles. The summed E-state index contributed by atoms with van der Waals surface area (Å²) in [4.78, 5) is 59.9. The lowest BCUT2D eigenvalue weighted by Gasteiger charge is -2.35. The first-order chi connectivity index (χ1) is 24.6. The van der Waals surface area contributed by atoms with Gasteiger partial charge in [-0.1, -0.05) is 84.4 Å². The zero-order valence-corrected chi connectivity index (χ0v) is 31.5. The molecule has 2 heterocycles. The van der Waals surface area contributed by atoms with Crippen LogP contribution in [0.2, 0.25) is 0 Å². The molecule has 2 aromatic rings. The number of urea groups is 1. The fourth-order valence-corrected chi connectivity index (χ4v) is 6.24. The van der Waals surface area contributed by atoms with Crippen molar-refractivity contribution in [2.45, 2.75) is 98.6 Å². The summed E-state index contributed by atoms with van der Waals surface area (Å²) < 4.78 is 0. The van der Waals surface area contributed by atoms with Crippen LogP contribution in [-0.2, 0) is 29.2 Å². The van der Waals surface area contributed by atoms with Crippen LogP contribution >= 0.6 is 0 Å². The summed E-state index contributed by atoms with van der Waals surface area (Å²) in [6.07, 6.45) is -0.533. The van der Waals surface area contributed by atoms with Gasteiger partial charge in [0.1, 0.15) is 6.04 Å². The van der Waals surface area contributed by atoms with Crippen molar-refractivity contribution in [3.8, 4) is 0 Å². The summed E-state index contributed by atoms with van der Waals surface area (Å²) in [6, 6.07) is 13.0. The van der Waals surface area contributed by atoms with Crippen molar-refractivity contribution < 1.29 is 34.5 Å². The van der Waals surface area contributed by atoms with E-state index in [-0.39, 0.29) is 56.4 Å². The number of aromatic nitrogens is 1. The molecule has 3 rings (SSSR count). The topological polar surface area (TPSA) is 188 Å². The van der Waals surface area contributed by atoms with E-state index in [0.717, 1.165) is 12.0 Å². The maximum atomic E-state index is 14.3. The van der Waals surface area contributed by atoms with E-state index in [0.29, 0.717) is 49.8 Å². The third-order valence-electron chi connectivity index (χ3n) is 9.41. The first-order valence-electron chi connectivity index (χ1n) is 18.3. The number of aliphatic hydroxyl groups excluding tert-OH is 2. The number of aliphatic hydroxyl groups is 2. The van der Waals surface area contributed by atoms with Crippen LogP contribution in [0.25, 0.3) is 0 Å². The number of rotatable bonds is 21. The lowest BCUT2D eigenvalue weighted by Crippen LogP contribution is -2.58. The molecular weight excluding hydrogens is 666 g/mol. The third-order valence-corrected chi connectivity index (χ3v) is 9.41. The van der Waals surface area contributed by atoms with Gasteiger partial charge in [0.15, 0.2) is 0 Å². The van der Waals surface area contributed by atoms with Crippen LogP contribution in [0.4, 0.5) is 9.59 Å². The predicted octanol–water partition coefficient (Wildman–Crippen LogP) is 3.38. The summed E-state index contributed by atoms with van der Waals surface area (Å²) in [5.74, 6) is -0.551. The number of hydrogen-bond donors (Lipinski definition) is 6. The summed E-state index contributed by atoms with van der Waals surface area (Å²) in [5.41, 5.74) is 4.33. The minimum atomic E-state index is -1.16. The number of hydrazine groups is 1. The lowest BCUT2D eigenvalue weighted by molar-refractivity contribution is -0.131. The normalized spacial score (nSPS) is 15.8. The Balaban J connectivity index is 1.81. The van der Waals surface area contributed by atoms with E-state index in [1.54, 1.807) is 46.9 Å². The van der Waals surface area contributed by atoms with Gasteiger partial charge < -0.3 is 35.8 Å². The van der Waals surface area contributed by atoms with Crippen molar-refractivity contribution in [2.75, 3.05) is 32.7 Å². The number of nitrogens with zero attached hydrogens (tertiary/aromatic N) is 4. The van der Waals surface area contributed by atoms with E-state index in [1.165, 1.54) is 0 Å². The number of amides is 5. The van der Waals surface area contributed by atoms with Crippen LogP contribution in [0.1, 0.15) is 77.8 Å². The maximum absolute atomic E-state index is 14.3. The third kappa shape index (κ3) is 13.4. The van der Waals surface area contributed by atoms with E-state index in [1.807, 2.05) is 44.2 Å². The van der Waals surface area contributed by atoms with E-state index >= 15 is 0 Å². The van der Waals surface area contributed by atoms with Gasteiger partial charge in [-0.05, 0) is 47.8 Å². The summed E-state index contributed by atoms with van der Waals surface area (Å²) in [7, 11) is 0. The van der Waals surface area contributed by atoms with Crippen LogP contribution in [0.3, 0.4) is 0 Å². The van der Waals surface area contributed by atoms with Gasteiger partial charge in [-0.15, -0.1) is 0 Å². The minimum Gasteiger partial charge on any atom is -0.465 e. The molecule has 0 unspecified atom stereocenters. The molecule has 1 saturated heterocycles. The number of carboxylic acid groups (broad SMARTS) is 1. The zero-order valence-electron chi connectivity index (χ0n) is 31.5. The Morgan fingerprint density at radius 1 is 1.02 bits per heavy atom. The van der Waals surface area contributed by atoms with Crippen molar-refractivity contribution in [2.24, 2.45) is 17.3 Å². The number of carbonyl (C=O) groups excluding carboxylic acids is 3. The highest BCUT2D eigenvalue weighted by Crippen LogP contribution is 2.23. The molecule has 4 atom stereocenters. The Morgan fingerprint density at radius 2 is 1.71 bits per heavy atom. The number of nitrogens with one attached hydrogen (secondary N) is 3. The highest BCUT2D eigenvalue weighted by molar-refractivity contribution is 5.88. The van der Waals surface area contributed by atoms with Gasteiger partial charge in [0.05, 0.1) is 36.7 Å². The number of hydrogen-bond acceptors (Lipinski definition) is 8. The second-order valence-electron chi connectivity index (χ2n) is 15.0. The van der Waals surface area contributed by atoms with E-state index in [9.17, 15) is 29.4 Å². The van der Waals surface area contributed by atoms with Gasteiger partial charge in [0, 0.05) is 39.1 Å². The molecule has 1 fully saturated rings. The fourth-order valence-electron chi connectivity index (χ4n) is 6.24. The van der Waals surface area contributed by atoms with Crippen molar-refractivity contribution in [3.05, 3.63) is 65.5 Å². The van der Waals surface area contributed by atoms with Crippen molar-refractivity contribution in [3.63, 3.8) is 0 Å². The molecule has 0 spiro atoms. The quantitative estimate of drug-likeness (QED) is 0.105. The molecule has 14 heteroatoms. The number of pyridine rings is 1. The van der Waals surface area contributed by atoms with E-state index < -0.39 is 29.7 Å². The number of benzene rings is 1. The standard InChI is InChI=1S/C38H59N7O7/c1-7-27(4)34(45-19-18-43(37(45)52)22-29-14-11-15-30(24-46)40-29)35(49)41-31(20-28-12-9-8-10-13-28)32(47)23-44(17-16-26(2)3)42-33(48)21-38(5,6)25-39-36(50)51/h8-15,26-27,31-32,34,39,46-47H,7,16-25H2,1-6H3,(H,41,49)(H,42,48)(H,50,51)/t27-,31-,32-,34-/m0/s1.